The van der Waals surface area contributed by atoms with Gasteiger partial charge in [0.15, 0.2) is 0 Å². The van der Waals surface area contributed by atoms with Gasteiger partial charge in [-0.05, 0) is 19.3 Å². The van der Waals surface area contributed by atoms with Crippen LogP contribution in [0.4, 0.5) is 52.7 Å². The van der Waals surface area contributed by atoms with Crippen molar-refractivity contribution >= 4 is 11.9 Å². The number of ether oxygens (including phenoxy) is 1. The molecule has 0 bridgehead atoms. The van der Waals surface area contributed by atoms with Crippen molar-refractivity contribution in [3.8, 4) is 0 Å². The van der Waals surface area contributed by atoms with Crippen LogP contribution in [0.15, 0.2) is 9.98 Å². The minimum Gasteiger partial charge on any atom is -0.410 e. The fourth-order valence-electron chi connectivity index (χ4n) is 2.69. The van der Waals surface area contributed by atoms with E-state index in [1.165, 1.54) is 0 Å². The molecule has 0 amide bonds. The number of halogens is 12. The summed E-state index contributed by atoms with van der Waals surface area (Å²) in [5.74, 6) is -7.63. The SMILES string of the molecule is FC(F)(F)C(C1=NC(C(F)(F)F)(C(F)(F)F)N=C(N2CCCCC2)O1)C(F)(F)F. The second kappa shape index (κ2) is 7.11. The summed E-state index contributed by atoms with van der Waals surface area (Å²) in [5, 5.41) is 0. The van der Waals surface area contributed by atoms with Gasteiger partial charge in [-0.3, -0.25) is 0 Å². The Hall–Kier alpha value is -1.90. The summed E-state index contributed by atoms with van der Waals surface area (Å²) in [4.78, 5) is 4.67. The van der Waals surface area contributed by atoms with E-state index in [0.29, 0.717) is 11.3 Å². The first-order valence-corrected chi connectivity index (χ1v) is 7.79. The first-order chi connectivity index (χ1) is 12.9. The largest absolute Gasteiger partial charge is 0.443 e. The van der Waals surface area contributed by atoms with Crippen LogP contribution in [0.3, 0.4) is 0 Å². The molecule has 0 spiro atoms. The Morgan fingerprint density at radius 3 is 1.55 bits per heavy atom. The maximum absolute atomic E-state index is 13.3. The van der Waals surface area contributed by atoms with Crippen molar-refractivity contribution in [2.75, 3.05) is 13.1 Å². The molecule has 0 atom stereocenters. The van der Waals surface area contributed by atoms with Crippen molar-refractivity contribution in [1.82, 2.24) is 4.90 Å². The third kappa shape index (κ3) is 4.49. The molecule has 0 aromatic carbocycles. The summed E-state index contributed by atoms with van der Waals surface area (Å²) in [6, 6.07) is -1.65. The van der Waals surface area contributed by atoms with E-state index in [2.05, 4.69) is 9.73 Å². The van der Waals surface area contributed by atoms with Gasteiger partial charge in [-0.25, -0.2) is 4.99 Å². The maximum atomic E-state index is 13.3. The van der Waals surface area contributed by atoms with Gasteiger partial charge >= 0.3 is 30.4 Å². The molecule has 2 aliphatic rings. The molecule has 2 rings (SSSR count). The summed E-state index contributed by atoms with van der Waals surface area (Å²) < 4.78 is 161. The molecule has 0 aromatic heterocycles. The number of aliphatic imine (C=N–C) groups is 2. The van der Waals surface area contributed by atoms with Crippen molar-refractivity contribution in [2.24, 2.45) is 15.9 Å². The Bertz CT molecular complexity index is 638. The molecule has 0 radical (unpaired) electrons. The van der Waals surface area contributed by atoms with E-state index < -0.39 is 48.2 Å². The van der Waals surface area contributed by atoms with E-state index in [0.717, 1.165) is 0 Å². The molecule has 0 saturated carbocycles. The van der Waals surface area contributed by atoms with Gasteiger partial charge in [0.25, 0.3) is 6.02 Å². The van der Waals surface area contributed by atoms with Crippen molar-refractivity contribution in [3.05, 3.63) is 0 Å². The number of alkyl halides is 12. The maximum Gasteiger partial charge on any atom is 0.443 e. The molecule has 0 unspecified atom stereocenters. The van der Waals surface area contributed by atoms with Gasteiger partial charge in [0.1, 0.15) is 0 Å². The van der Waals surface area contributed by atoms with Crippen LogP contribution < -0.4 is 0 Å². The zero-order valence-corrected chi connectivity index (χ0v) is 13.9. The van der Waals surface area contributed by atoms with Crippen LogP contribution in [-0.2, 0) is 4.74 Å². The molecule has 4 nitrogen and oxygen atoms in total. The standard InChI is InChI=1S/C13H11F12N3O/c14-9(15,16)6(10(17,18)19)7-26-11(12(20,21)22,13(23,24)25)27-8(29-7)28-4-2-1-3-5-28/h6H,1-5H2. The van der Waals surface area contributed by atoms with Crippen LogP contribution in [0.5, 0.6) is 0 Å². The fourth-order valence-corrected chi connectivity index (χ4v) is 2.69. The number of rotatable bonds is 1. The molecule has 0 aromatic rings. The highest BCUT2D eigenvalue weighted by atomic mass is 19.4. The molecule has 0 N–H and O–H groups in total. The summed E-state index contributed by atoms with van der Waals surface area (Å²) in [6.07, 6.45) is -24.8. The molecule has 1 fully saturated rings. The lowest BCUT2D eigenvalue weighted by Gasteiger charge is -2.39. The van der Waals surface area contributed by atoms with Crippen molar-refractivity contribution in [1.29, 1.82) is 0 Å². The lowest BCUT2D eigenvalue weighted by molar-refractivity contribution is -0.296. The van der Waals surface area contributed by atoms with Gasteiger partial charge in [-0.2, -0.15) is 57.7 Å². The van der Waals surface area contributed by atoms with Gasteiger partial charge in [0.2, 0.25) is 11.8 Å². The number of nitrogens with zero attached hydrogens (tertiary/aromatic N) is 3. The highest BCUT2D eigenvalue weighted by Gasteiger charge is 2.75. The Kier molecular flexibility index (Phi) is 5.73. The minimum absolute atomic E-state index is 0.196. The van der Waals surface area contributed by atoms with Crippen molar-refractivity contribution in [3.63, 3.8) is 0 Å². The molecular weight excluding hydrogens is 442 g/mol. The minimum atomic E-state index is -6.50. The lowest BCUT2D eigenvalue weighted by Crippen LogP contribution is -2.60. The van der Waals surface area contributed by atoms with Crippen LogP contribution in [-0.4, -0.2) is 60.3 Å². The predicted molar refractivity (Wildman–Crippen MR) is 71.8 cm³/mol. The summed E-state index contributed by atoms with van der Waals surface area (Å²) in [7, 11) is 0. The third-order valence-corrected chi connectivity index (χ3v) is 4.04. The van der Waals surface area contributed by atoms with E-state index in [9.17, 15) is 52.7 Å². The molecule has 2 heterocycles. The second-order valence-electron chi connectivity index (χ2n) is 6.18. The summed E-state index contributed by atoms with van der Waals surface area (Å²) >= 11 is 0. The van der Waals surface area contributed by atoms with Gasteiger partial charge < -0.3 is 9.64 Å². The third-order valence-electron chi connectivity index (χ3n) is 4.04. The van der Waals surface area contributed by atoms with Crippen LogP contribution in [0.2, 0.25) is 0 Å². The van der Waals surface area contributed by atoms with Gasteiger partial charge in [0.05, 0.1) is 0 Å². The zero-order chi connectivity index (χ0) is 22.5. The molecular formula is C13H11F12N3O. The van der Waals surface area contributed by atoms with E-state index in [1.54, 1.807) is 4.99 Å². The van der Waals surface area contributed by atoms with E-state index in [1.807, 2.05) is 0 Å². The van der Waals surface area contributed by atoms with E-state index in [-0.39, 0.29) is 25.9 Å². The fraction of sp³-hybridized carbons (Fsp3) is 0.846. The summed E-state index contributed by atoms with van der Waals surface area (Å²) in [6.45, 7) is -0.554. The number of hydrogen-bond donors (Lipinski definition) is 0. The average Bonchev–Trinajstić information content (AvgIpc) is 2.50. The van der Waals surface area contributed by atoms with Crippen LogP contribution in [0.1, 0.15) is 19.3 Å². The monoisotopic (exact) mass is 453 g/mol. The summed E-state index contributed by atoms with van der Waals surface area (Å²) in [5.41, 5.74) is -5.57. The quantitative estimate of drug-likeness (QED) is 0.535. The number of likely N-dealkylation sites (tertiary alicyclic amines) is 1. The normalized spacial score (nSPS) is 21.6. The predicted octanol–water partition coefficient (Wildman–Crippen LogP) is 4.82. The highest BCUT2D eigenvalue weighted by Crippen LogP contribution is 2.50. The first-order valence-electron chi connectivity index (χ1n) is 7.79. The number of piperidine rings is 1. The second-order valence-corrected chi connectivity index (χ2v) is 6.18. The van der Waals surface area contributed by atoms with Gasteiger partial charge in [-0.15, -0.1) is 0 Å². The lowest BCUT2D eigenvalue weighted by atomic mass is 10.1. The topological polar surface area (TPSA) is 37.2 Å². The zero-order valence-electron chi connectivity index (χ0n) is 13.9. The molecule has 29 heavy (non-hydrogen) atoms. The number of amidine groups is 1. The van der Waals surface area contributed by atoms with Gasteiger partial charge in [-0.1, -0.05) is 0 Å². The number of hydrogen-bond acceptors (Lipinski definition) is 4. The Morgan fingerprint density at radius 1 is 0.724 bits per heavy atom. The van der Waals surface area contributed by atoms with Crippen molar-refractivity contribution in [2.45, 2.75) is 49.6 Å². The Morgan fingerprint density at radius 2 is 1.17 bits per heavy atom. The van der Waals surface area contributed by atoms with Crippen LogP contribution >= 0.6 is 0 Å². The van der Waals surface area contributed by atoms with Crippen LogP contribution in [0, 0.1) is 5.92 Å². The molecule has 2 aliphatic heterocycles. The van der Waals surface area contributed by atoms with Crippen LogP contribution in [0.25, 0.3) is 0 Å². The molecule has 1 saturated heterocycles. The molecule has 168 valence electrons. The first kappa shape index (κ1) is 23.4. The highest BCUT2D eigenvalue weighted by molar-refractivity contribution is 5.94. The van der Waals surface area contributed by atoms with E-state index in [4.69, 9.17) is 0 Å². The van der Waals surface area contributed by atoms with Gasteiger partial charge in [0, 0.05) is 13.1 Å². The smallest absolute Gasteiger partial charge is 0.410 e. The average molecular weight is 453 g/mol. The molecule has 16 heteroatoms. The Balaban J connectivity index is 2.73. The van der Waals surface area contributed by atoms with E-state index >= 15 is 0 Å². The van der Waals surface area contributed by atoms with Crippen molar-refractivity contribution < 1.29 is 57.4 Å². The Labute approximate surface area is 154 Å². The molecule has 0 aliphatic carbocycles.